The second-order valence-corrected chi connectivity index (χ2v) is 4.64. The SMILES string of the molecule is Cc1[nH]c2ccccc2c1C=NNC(=O)c1ccncc1. The van der Waals surface area contributed by atoms with Gasteiger partial charge in [-0.3, -0.25) is 9.78 Å². The molecule has 0 saturated heterocycles. The number of nitrogens with one attached hydrogen (secondary N) is 2. The highest BCUT2D eigenvalue weighted by Crippen LogP contribution is 2.19. The standard InChI is InChI=1S/C16H14N4O/c1-11-14(13-4-2-3-5-15(13)19-11)10-18-20-16(21)12-6-8-17-9-7-12/h2-10,19H,1H3,(H,20,21). The van der Waals surface area contributed by atoms with Crippen LogP contribution in [0.4, 0.5) is 0 Å². The molecule has 2 aromatic heterocycles. The second kappa shape index (κ2) is 5.58. The van der Waals surface area contributed by atoms with Gasteiger partial charge in [0.15, 0.2) is 0 Å². The van der Waals surface area contributed by atoms with Crippen LogP contribution >= 0.6 is 0 Å². The normalized spacial score (nSPS) is 11.1. The van der Waals surface area contributed by atoms with Crippen LogP contribution in [0.5, 0.6) is 0 Å². The highest BCUT2D eigenvalue weighted by Gasteiger charge is 2.06. The molecular formula is C16H14N4O. The number of rotatable bonds is 3. The third-order valence-electron chi connectivity index (χ3n) is 3.25. The van der Waals surface area contributed by atoms with Crippen molar-refractivity contribution < 1.29 is 4.79 Å². The molecule has 0 aliphatic carbocycles. The van der Waals surface area contributed by atoms with E-state index in [1.165, 1.54) is 0 Å². The Bertz CT molecular complexity index is 806. The average molecular weight is 278 g/mol. The molecule has 0 bridgehead atoms. The van der Waals surface area contributed by atoms with Crippen LogP contribution in [0.2, 0.25) is 0 Å². The molecule has 0 spiro atoms. The van der Waals surface area contributed by atoms with Crippen molar-refractivity contribution in [1.82, 2.24) is 15.4 Å². The zero-order valence-corrected chi connectivity index (χ0v) is 11.5. The predicted molar refractivity (Wildman–Crippen MR) is 82.3 cm³/mol. The van der Waals surface area contributed by atoms with Crippen molar-refractivity contribution in [3.63, 3.8) is 0 Å². The molecule has 0 unspecified atom stereocenters. The van der Waals surface area contributed by atoms with Crippen LogP contribution in [-0.4, -0.2) is 22.1 Å². The highest BCUT2D eigenvalue weighted by atomic mass is 16.2. The smallest absolute Gasteiger partial charge is 0.271 e. The third kappa shape index (κ3) is 2.67. The van der Waals surface area contributed by atoms with Gasteiger partial charge in [0.05, 0.1) is 6.21 Å². The Balaban J connectivity index is 1.79. The Hall–Kier alpha value is -2.95. The fourth-order valence-electron chi connectivity index (χ4n) is 2.19. The Morgan fingerprint density at radius 1 is 1.24 bits per heavy atom. The molecule has 5 heteroatoms. The molecule has 1 aromatic carbocycles. The van der Waals surface area contributed by atoms with Gasteiger partial charge in [0, 0.05) is 40.1 Å². The number of carbonyl (C=O) groups is 1. The summed E-state index contributed by atoms with van der Waals surface area (Å²) in [5.74, 6) is -0.258. The number of benzene rings is 1. The van der Waals surface area contributed by atoms with E-state index in [0.29, 0.717) is 5.56 Å². The van der Waals surface area contributed by atoms with E-state index in [9.17, 15) is 4.79 Å². The van der Waals surface area contributed by atoms with Gasteiger partial charge >= 0.3 is 0 Å². The molecule has 0 aliphatic heterocycles. The third-order valence-corrected chi connectivity index (χ3v) is 3.25. The van der Waals surface area contributed by atoms with Gasteiger partial charge in [0.25, 0.3) is 5.91 Å². The van der Waals surface area contributed by atoms with Gasteiger partial charge in [0.2, 0.25) is 0 Å². The maximum absolute atomic E-state index is 11.9. The van der Waals surface area contributed by atoms with Crippen molar-refractivity contribution in [3.05, 3.63) is 65.6 Å². The van der Waals surface area contributed by atoms with Gasteiger partial charge in [-0.2, -0.15) is 5.10 Å². The predicted octanol–water partition coefficient (Wildman–Crippen LogP) is 2.64. The van der Waals surface area contributed by atoms with Gasteiger partial charge in [-0.1, -0.05) is 18.2 Å². The van der Waals surface area contributed by atoms with Crippen LogP contribution < -0.4 is 5.43 Å². The van der Waals surface area contributed by atoms with Crippen LogP contribution in [0.1, 0.15) is 21.6 Å². The number of pyridine rings is 1. The molecule has 104 valence electrons. The molecule has 2 N–H and O–H groups in total. The maximum Gasteiger partial charge on any atom is 0.271 e. The van der Waals surface area contributed by atoms with Crippen LogP contribution in [0.3, 0.4) is 0 Å². The summed E-state index contributed by atoms with van der Waals surface area (Å²) < 4.78 is 0. The molecule has 3 aromatic rings. The maximum atomic E-state index is 11.9. The number of carbonyl (C=O) groups excluding carboxylic acids is 1. The van der Waals surface area contributed by atoms with E-state index >= 15 is 0 Å². The first-order valence-corrected chi connectivity index (χ1v) is 6.56. The molecule has 2 heterocycles. The number of aromatic amines is 1. The first-order valence-electron chi connectivity index (χ1n) is 6.56. The number of aromatic nitrogens is 2. The van der Waals surface area contributed by atoms with E-state index in [2.05, 4.69) is 20.5 Å². The summed E-state index contributed by atoms with van der Waals surface area (Å²) in [4.78, 5) is 19.0. The molecule has 5 nitrogen and oxygen atoms in total. The number of fused-ring (bicyclic) bond motifs is 1. The van der Waals surface area contributed by atoms with E-state index < -0.39 is 0 Å². The lowest BCUT2D eigenvalue weighted by Crippen LogP contribution is -2.17. The van der Waals surface area contributed by atoms with Crippen molar-refractivity contribution in [2.75, 3.05) is 0 Å². The summed E-state index contributed by atoms with van der Waals surface area (Å²) >= 11 is 0. The zero-order valence-electron chi connectivity index (χ0n) is 11.5. The molecule has 0 aliphatic rings. The fourth-order valence-corrected chi connectivity index (χ4v) is 2.19. The van der Waals surface area contributed by atoms with Crippen molar-refractivity contribution in [2.24, 2.45) is 5.10 Å². The molecule has 21 heavy (non-hydrogen) atoms. The minimum absolute atomic E-state index is 0.258. The Morgan fingerprint density at radius 3 is 2.81 bits per heavy atom. The van der Waals surface area contributed by atoms with E-state index in [4.69, 9.17) is 0 Å². The van der Waals surface area contributed by atoms with E-state index in [-0.39, 0.29) is 5.91 Å². The van der Waals surface area contributed by atoms with Crippen molar-refractivity contribution in [2.45, 2.75) is 6.92 Å². The van der Waals surface area contributed by atoms with Crippen molar-refractivity contribution >= 4 is 23.0 Å². The van der Waals surface area contributed by atoms with Crippen molar-refractivity contribution in [3.8, 4) is 0 Å². The number of hydrazone groups is 1. The summed E-state index contributed by atoms with van der Waals surface area (Å²) in [5.41, 5.74) is 6.08. The summed E-state index contributed by atoms with van der Waals surface area (Å²) in [7, 11) is 0. The topological polar surface area (TPSA) is 70.1 Å². The first kappa shape index (κ1) is 13.1. The number of amides is 1. The molecule has 1 amide bonds. The second-order valence-electron chi connectivity index (χ2n) is 4.64. The molecule has 3 rings (SSSR count). The Morgan fingerprint density at radius 2 is 2.00 bits per heavy atom. The molecular weight excluding hydrogens is 264 g/mol. The lowest BCUT2D eigenvalue weighted by Gasteiger charge is -1.98. The molecule has 0 radical (unpaired) electrons. The van der Waals surface area contributed by atoms with Crippen LogP contribution in [-0.2, 0) is 0 Å². The first-order chi connectivity index (χ1) is 10.3. The minimum Gasteiger partial charge on any atom is -0.358 e. The summed E-state index contributed by atoms with van der Waals surface area (Å²) in [6.07, 6.45) is 4.80. The summed E-state index contributed by atoms with van der Waals surface area (Å²) in [5, 5.41) is 5.12. The van der Waals surface area contributed by atoms with Gasteiger partial charge in [0.1, 0.15) is 0 Å². The zero-order chi connectivity index (χ0) is 14.7. The van der Waals surface area contributed by atoms with E-state index in [0.717, 1.165) is 22.2 Å². The number of nitrogens with zero attached hydrogens (tertiary/aromatic N) is 2. The van der Waals surface area contributed by atoms with Crippen LogP contribution in [0, 0.1) is 6.92 Å². The quantitative estimate of drug-likeness (QED) is 0.571. The Kier molecular flexibility index (Phi) is 3.47. The van der Waals surface area contributed by atoms with Crippen molar-refractivity contribution in [1.29, 1.82) is 0 Å². The van der Waals surface area contributed by atoms with E-state index in [1.54, 1.807) is 30.7 Å². The molecule has 0 saturated carbocycles. The number of hydrogen-bond acceptors (Lipinski definition) is 3. The minimum atomic E-state index is -0.258. The van der Waals surface area contributed by atoms with Gasteiger partial charge in [-0.05, 0) is 25.1 Å². The van der Waals surface area contributed by atoms with Gasteiger partial charge < -0.3 is 4.98 Å². The number of para-hydroxylation sites is 1. The number of hydrogen-bond donors (Lipinski definition) is 2. The average Bonchev–Trinajstić information content (AvgIpc) is 2.84. The Labute approximate surface area is 121 Å². The lowest BCUT2D eigenvalue weighted by molar-refractivity contribution is 0.0955. The number of aryl methyl sites for hydroxylation is 1. The van der Waals surface area contributed by atoms with E-state index in [1.807, 2.05) is 31.2 Å². The summed E-state index contributed by atoms with van der Waals surface area (Å²) in [6.45, 7) is 1.98. The number of H-pyrrole nitrogens is 1. The molecule has 0 fully saturated rings. The molecule has 0 atom stereocenters. The fraction of sp³-hybridized carbons (Fsp3) is 0.0625. The van der Waals surface area contributed by atoms with Gasteiger partial charge in [-0.25, -0.2) is 5.43 Å². The largest absolute Gasteiger partial charge is 0.358 e. The van der Waals surface area contributed by atoms with Crippen LogP contribution in [0.15, 0.2) is 53.9 Å². The monoisotopic (exact) mass is 278 g/mol. The highest BCUT2D eigenvalue weighted by molar-refractivity contribution is 6.01. The lowest BCUT2D eigenvalue weighted by atomic mass is 10.1. The van der Waals surface area contributed by atoms with Gasteiger partial charge in [-0.15, -0.1) is 0 Å². The van der Waals surface area contributed by atoms with Crippen LogP contribution in [0.25, 0.3) is 10.9 Å². The summed E-state index contributed by atoms with van der Waals surface area (Å²) in [6, 6.07) is 11.3.